The second-order valence-electron chi connectivity index (χ2n) is 6.47. The van der Waals surface area contributed by atoms with E-state index >= 15 is 0 Å². The first kappa shape index (κ1) is 16.4. The SMILES string of the molecule is CCNCC1CCC(CC)CC1Cc1cccc(OC)c1. The van der Waals surface area contributed by atoms with E-state index in [9.17, 15) is 0 Å². The first-order valence-electron chi connectivity index (χ1n) is 8.60. The molecule has 1 aliphatic carbocycles. The Morgan fingerprint density at radius 3 is 2.76 bits per heavy atom. The molecule has 3 atom stereocenters. The van der Waals surface area contributed by atoms with E-state index < -0.39 is 0 Å². The van der Waals surface area contributed by atoms with Gasteiger partial charge in [0.15, 0.2) is 0 Å². The maximum Gasteiger partial charge on any atom is 0.119 e. The lowest BCUT2D eigenvalue weighted by Crippen LogP contribution is -2.34. The molecule has 0 bridgehead atoms. The van der Waals surface area contributed by atoms with Gasteiger partial charge in [0.05, 0.1) is 7.11 Å². The minimum Gasteiger partial charge on any atom is -0.497 e. The maximum atomic E-state index is 5.37. The third-order valence-corrected chi connectivity index (χ3v) is 5.11. The van der Waals surface area contributed by atoms with Crippen LogP contribution in [0.1, 0.15) is 45.1 Å². The van der Waals surface area contributed by atoms with Crippen LogP contribution in [0.2, 0.25) is 0 Å². The predicted molar refractivity (Wildman–Crippen MR) is 89.9 cm³/mol. The highest BCUT2D eigenvalue weighted by Gasteiger charge is 2.29. The summed E-state index contributed by atoms with van der Waals surface area (Å²) in [7, 11) is 1.75. The quantitative estimate of drug-likeness (QED) is 0.808. The zero-order valence-electron chi connectivity index (χ0n) is 13.9. The fourth-order valence-electron chi connectivity index (χ4n) is 3.75. The van der Waals surface area contributed by atoms with Crippen LogP contribution >= 0.6 is 0 Å². The third kappa shape index (κ3) is 4.74. The standard InChI is InChI=1S/C19H31NO/c1-4-15-9-10-17(14-20-5-2)18(11-15)12-16-7-6-8-19(13-16)21-3/h6-8,13,15,17-18,20H,4-5,9-12,14H2,1-3H3. The summed E-state index contributed by atoms with van der Waals surface area (Å²) in [6.07, 6.45) is 6.73. The summed E-state index contributed by atoms with van der Waals surface area (Å²) >= 11 is 0. The molecule has 21 heavy (non-hydrogen) atoms. The lowest BCUT2D eigenvalue weighted by molar-refractivity contribution is 0.172. The van der Waals surface area contributed by atoms with Gasteiger partial charge in [0, 0.05) is 0 Å². The third-order valence-electron chi connectivity index (χ3n) is 5.11. The van der Waals surface area contributed by atoms with E-state index in [1.165, 1.54) is 44.2 Å². The Kier molecular flexibility index (Phi) is 6.56. The van der Waals surface area contributed by atoms with Crippen LogP contribution in [0.15, 0.2) is 24.3 Å². The Hall–Kier alpha value is -1.02. The van der Waals surface area contributed by atoms with Crippen molar-refractivity contribution in [3.8, 4) is 5.75 Å². The molecule has 0 heterocycles. The van der Waals surface area contributed by atoms with Crippen LogP contribution in [0.4, 0.5) is 0 Å². The van der Waals surface area contributed by atoms with Crippen molar-refractivity contribution in [2.45, 2.75) is 46.0 Å². The summed E-state index contributed by atoms with van der Waals surface area (Å²) in [6.45, 7) is 6.81. The summed E-state index contributed by atoms with van der Waals surface area (Å²) in [5, 5.41) is 3.56. The van der Waals surface area contributed by atoms with Gasteiger partial charge in [0.2, 0.25) is 0 Å². The summed E-state index contributed by atoms with van der Waals surface area (Å²) in [5.74, 6) is 3.56. The molecular weight excluding hydrogens is 258 g/mol. The highest BCUT2D eigenvalue weighted by atomic mass is 16.5. The molecule has 1 aliphatic rings. The van der Waals surface area contributed by atoms with Gasteiger partial charge in [0.25, 0.3) is 0 Å². The Morgan fingerprint density at radius 1 is 1.19 bits per heavy atom. The largest absolute Gasteiger partial charge is 0.497 e. The van der Waals surface area contributed by atoms with Crippen LogP contribution in [-0.4, -0.2) is 20.2 Å². The van der Waals surface area contributed by atoms with E-state index in [-0.39, 0.29) is 0 Å². The van der Waals surface area contributed by atoms with Gasteiger partial charge in [-0.3, -0.25) is 0 Å². The van der Waals surface area contributed by atoms with Gasteiger partial charge >= 0.3 is 0 Å². The van der Waals surface area contributed by atoms with E-state index in [1.807, 2.05) is 6.07 Å². The molecule has 2 heteroatoms. The molecule has 0 aliphatic heterocycles. The number of hydrogen-bond acceptors (Lipinski definition) is 2. The van der Waals surface area contributed by atoms with Crippen molar-refractivity contribution in [1.29, 1.82) is 0 Å². The number of hydrogen-bond donors (Lipinski definition) is 1. The molecule has 2 nitrogen and oxygen atoms in total. The highest BCUT2D eigenvalue weighted by Crippen LogP contribution is 2.37. The van der Waals surface area contributed by atoms with Gasteiger partial charge in [-0.05, 0) is 67.8 Å². The molecule has 0 aromatic heterocycles. The molecule has 0 saturated heterocycles. The van der Waals surface area contributed by atoms with E-state index in [0.29, 0.717) is 0 Å². The fourth-order valence-corrected chi connectivity index (χ4v) is 3.75. The Balaban J connectivity index is 2.03. The van der Waals surface area contributed by atoms with E-state index in [0.717, 1.165) is 30.0 Å². The molecule has 0 radical (unpaired) electrons. The number of ether oxygens (including phenoxy) is 1. The molecule has 118 valence electrons. The van der Waals surface area contributed by atoms with Gasteiger partial charge in [0.1, 0.15) is 5.75 Å². The Morgan fingerprint density at radius 2 is 2.05 bits per heavy atom. The monoisotopic (exact) mass is 289 g/mol. The average Bonchev–Trinajstić information content (AvgIpc) is 2.53. The molecule has 1 aromatic rings. The molecule has 1 saturated carbocycles. The number of methoxy groups -OCH3 is 1. The lowest BCUT2D eigenvalue weighted by atomic mass is 9.71. The molecule has 1 aromatic carbocycles. The van der Waals surface area contributed by atoms with E-state index in [4.69, 9.17) is 4.74 Å². The maximum absolute atomic E-state index is 5.37. The molecule has 1 fully saturated rings. The average molecular weight is 289 g/mol. The van der Waals surface area contributed by atoms with Gasteiger partial charge < -0.3 is 10.1 Å². The number of nitrogens with one attached hydrogen (secondary N) is 1. The summed E-state index contributed by atoms with van der Waals surface area (Å²) < 4.78 is 5.37. The van der Waals surface area contributed by atoms with Crippen LogP contribution in [0, 0.1) is 17.8 Å². The minimum absolute atomic E-state index is 0.815. The summed E-state index contributed by atoms with van der Waals surface area (Å²) in [4.78, 5) is 0. The highest BCUT2D eigenvalue weighted by molar-refractivity contribution is 5.28. The van der Waals surface area contributed by atoms with Gasteiger partial charge in [-0.15, -0.1) is 0 Å². The topological polar surface area (TPSA) is 21.3 Å². The van der Waals surface area contributed by atoms with E-state index in [1.54, 1.807) is 7.11 Å². The number of rotatable bonds is 7. The van der Waals surface area contributed by atoms with Crippen molar-refractivity contribution >= 4 is 0 Å². The van der Waals surface area contributed by atoms with Gasteiger partial charge in [-0.1, -0.05) is 38.8 Å². The second-order valence-corrected chi connectivity index (χ2v) is 6.47. The van der Waals surface area contributed by atoms with Crippen molar-refractivity contribution in [2.24, 2.45) is 17.8 Å². The first-order valence-corrected chi connectivity index (χ1v) is 8.60. The van der Waals surface area contributed by atoms with Gasteiger partial charge in [-0.25, -0.2) is 0 Å². The van der Waals surface area contributed by atoms with Crippen LogP contribution in [-0.2, 0) is 6.42 Å². The molecule has 3 unspecified atom stereocenters. The molecule has 1 N–H and O–H groups in total. The summed E-state index contributed by atoms with van der Waals surface area (Å²) in [6, 6.07) is 8.62. The zero-order chi connectivity index (χ0) is 15.1. The van der Waals surface area contributed by atoms with Crippen molar-refractivity contribution < 1.29 is 4.74 Å². The Labute approximate surface area is 130 Å². The minimum atomic E-state index is 0.815. The second kappa shape index (κ2) is 8.43. The van der Waals surface area contributed by atoms with Crippen LogP contribution in [0.3, 0.4) is 0 Å². The summed E-state index contributed by atoms with van der Waals surface area (Å²) in [5.41, 5.74) is 1.43. The molecular formula is C19H31NO. The molecule has 0 amide bonds. The molecule has 2 rings (SSSR count). The smallest absolute Gasteiger partial charge is 0.119 e. The van der Waals surface area contributed by atoms with Crippen molar-refractivity contribution in [1.82, 2.24) is 5.32 Å². The van der Waals surface area contributed by atoms with Gasteiger partial charge in [-0.2, -0.15) is 0 Å². The van der Waals surface area contributed by atoms with Crippen molar-refractivity contribution in [3.63, 3.8) is 0 Å². The zero-order valence-corrected chi connectivity index (χ0v) is 13.9. The number of benzene rings is 1. The van der Waals surface area contributed by atoms with Crippen LogP contribution in [0.25, 0.3) is 0 Å². The molecule has 0 spiro atoms. The lowest BCUT2D eigenvalue weighted by Gasteiger charge is -2.36. The van der Waals surface area contributed by atoms with Crippen molar-refractivity contribution in [3.05, 3.63) is 29.8 Å². The van der Waals surface area contributed by atoms with Crippen LogP contribution in [0.5, 0.6) is 5.75 Å². The van der Waals surface area contributed by atoms with Crippen molar-refractivity contribution in [2.75, 3.05) is 20.2 Å². The normalized spacial score (nSPS) is 25.8. The first-order chi connectivity index (χ1) is 10.3. The predicted octanol–water partition coefficient (Wildman–Crippen LogP) is 4.29. The fraction of sp³-hybridized carbons (Fsp3) is 0.684. The Bertz CT molecular complexity index is 418. The van der Waals surface area contributed by atoms with E-state index in [2.05, 4.69) is 37.4 Å². The van der Waals surface area contributed by atoms with Crippen LogP contribution < -0.4 is 10.1 Å².